The van der Waals surface area contributed by atoms with Crippen LogP contribution in [0.25, 0.3) is 0 Å². The SMILES string of the molecule is COc1ccc(C(NC(=O)Cc2c(C)nn(CC(C)C)c2C)C(C)C)cc1. The topological polar surface area (TPSA) is 56.1 Å². The number of hydrogen-bond acceptors (Lipinski definition) is 3. The zero-order chi connectivity index (χ0) is 20.1. The molecule has 0 radical (unpaired) electrons. The fourth-order valence-corrected chi connectivity index (χ4v) is 3.34. The van der Waals surface area contributed by atoms with E-state index in [1.54, 1.807) is 7.11 Å². The zero-order valence-electron chi connectivity index (χ0n) is 17.7. The summed E-state index contributed by atoms with van der Waals surface area (Å²) < 4.78 is 7.25. The van der Waals surface area contributed by atoms with E-state index in [2.05, 4.69) is 38.1 Å². The summed E-state index contributed by atoms with van der Waals surface area (Å²) >= 11 is 0. The van der Waals surface area contributed by atoms with E-state index in [1.807, 2.05) is 42.8 Å². The number of aryl methyl sites for hydroxylation is 1. The molecule has 0 saturated heterocycles. The molecule has 0 spiro atoms. The second-order valence-electron chi connectivity index (χ2n) is 7.96. The minimum absolute atomic E-state index is 0.0276. The standard InChI is InChI=1S/C22H33N3O2/c1-14(2)13-25-17(6)20(16(5)24-25)12-21(26)23-22(15(3)4)18-8-10-19(27-7)11-9-18/h8-11,14-15,22H,12-13H2,1-7H3,(H,23,26). The van der Waals surface area contributed by atoms with Gasteiger partial charge >= 0.3 is 0 Å². The number of aromatic nitrogens is 2. The number of hydrogen-bond donors (Lipinski definition) is 1. The van der Waals surface area contributed by atoms with Crippen molar-refractivity contribution in [3.8, 4) is 5.75 Å². The minimum atomic E-state index is -0.0327. The maximum Gasteiger partial charge on any atom is 0.225 e. The first kappa shape index (κ1) is 21.0. The number of carbonyl (C=O) groups is 1. The van der Waals surface area contributed by atoms with Gasteiger partial charge in [0.05, 0.1) is 25.3 Å². The average molecular weight is 372 g/mol. The molecule has 2 aromatic rings. The van der Waals surface area contributed by atoms with Crippen molar-refractivity contribution in [2.45, 2.75) is 60.5 Å². The summed E-state index contributed by atoms with van der Waals surface area (Å²) in [6, 6.07) is 7.86. The summed E-state index contributed by atoms with van der Waals surface area (Å²) in [6.07, 6.45) is 0.356. The van der Waals surface area contributed by atoms with E-state index in [9.17, 15) is 4.79 Å². The molecule has 0 fully saturated rings. The number of nitrogens with zero attached hydrogens (tertiary/aromatic N) is 2. The van der Waals surface area contributed by atoms with Crippen LogP contribution in [0.4, 0.5) is 0 Å². The van der Waals surface area contributed by atoms with Crippen molar-refractivity contribution in [3.05, 3.63) is 46.8 Å². The predicted octanol–water partition coefficient (Wildman–Crippen LogP) is 4.22. The van der Waals surface area contributed by atoms with Gasteiger partial charge < -0.3 is 10.1 Å². The van der Waals surface area contributed by atoms with Crippen molar-refractivity contribution in [1.82, 2.24) is 15.1 Å². The highest BCUT2D eigenvalue weighted by atomic mass is 16.5. The molecule has 1 atom stereocenters. The Labute approximate surface area is 163 Å². The van der Waals surface area contributed by atoms with Crippen molar-refractivity contribution in [2.24, 2.45) is 11.8 Å². The Hall–Kier alpha value is -2.30. The van der Waals surface area contributed by atoms with Crippen LogP contribution in [0, 0.1) is 25.7 Å². The molecule has 27 heavy (non-hydrogen) atoms. The fourth-order valence-electron chi connectivity index (χ4n) is 3.34. The lowest BCUT2D eigenvalue weighted by Gasteiger charge is -2.23. The Balaban J connectivity index is 2.13. The third-order valence-electron chi connectivity index (χ3n) is 4.86. The van der Waals surface area contributed by atoms with Crippen molar-refractivity contribution < 1.29 is 9.53 Å². The first-order valence-electron chi connectivity index (χ1n) is 9.69. The van der Waals surface area contributed by atoms with Gasteiger partial charge in [0.1, 0.15) is 5.75 Å². The molecule has 1 N–H and O–H groups in total. The normalized spacial score (nSPS) is 12.5. The first-order valence-corrected chi connectivity index (χ1v) is 9.69. The number of amides is 1. The van der Waals surface area contributed by atoms with Crippen LogP contribution in [0.15, 0.2) is 24.3 Å². The molecule has 148 valence electrons. The van der Waals surface area contributed by atoms with Gasteiger partial charge in [-0.15, -0.1) is 0 Å². The van der Waals surface area contributed by atoms with Crippen LogP contribution in [-0.2, 0) is 17.8 Å². The molecule has 0 bridgehead atoms. The molecule has 0 saturated carbocycles. The van der Waals surface area contributed by atoms with Gasteiger partial charge in [-0.3, -0.25) is 9.48 Å². The molecule has 0 aliphatic rings. The predicted molar refractivity (Wildman–Crippen MR) is 109 cm³/mol. The fraction of sp³-hybridized carbons (Fsp3) is 0.545. The smallest absolute Gasteiger partial charge is 0.225 e. The third-order valence-corrected chi connectivity index (χ3v) is 4.86. The van der Waals surface area contributed by atoms with Gasteiger partial charge in [-0.2, -0.15) is 5.10 Å². The molecule has 0 aliphatic carbocycles. The summed E-state index contributed by atoms with van der Waals surface area (Å²) in [5.41, 5.74) is 4.14. The van der Waals surface area contributed by atoms with E-state index in [0.29, 0.717) is 12.3 Å². The maximum atomic E-state index is 12.8. The highest BCUT2D eigenvalue weighted by molar-refractivity contribution is 5.79. The maximum absolute atomic E-state index is 12.8. The molecule has 1 heterocycles. The third kappa shape index (κ3) is 5.34. The number of nitrogens with one attached hydrogen (secondary N) is 1. The molecule has 1 amide bonds. The van der Waals surface area contributed by atoms with Crippen LogP contribution < -0.4 is 10.1 Å². The molecule has 5 heteroatoms. The zero-order valence-corrected chi connectivity index (χ0v) is 17.7. The van der Waals surface area contributed by atoms with E-state index >= 15 is 0 Å². The number of benzene rings is 1. The molecule has 2 rings (SSSR count). The lowest BCUT2D eigenvalue weighted by Crippen LogP contribution is -2.33. The number of rotatable bonds is 8. The van der Waals surface area contributed by atoms with Crippen LogP contribution in [-0.4, -0.2) is 22.8 Å². The second kappa shape index (κ2) is 9.07. The van der Waals surface area contributed by atoms with Gasteiger partial charge in [-0.05, 0) is 43.4 Å². The summed E-state index contributed by atoms with van der Waals surface area (Å²) in [4.78, 5) is 12.8. The minimum Gasteiger partial charge on any atom is -0.497 e. The van der Waals surface area contributed by atoms with Gasteiger partial charge in [0.15, 0.2) is 0 Å². The summed E-state index contributed by atoms with van der Waals surface area (Å²) in [5, 5.41) is 7.82. The van der Waals surface area contributed by atoms with Gasteiger partial charge in [0.25, 0.3) is 0 Å². The van der Waals surface area contributed by atoms with E-state index in [1.165, 1.54) is 0 Å². The Kier molecular flexibility index (Phi) is 7.05. The van der Waals surface area contributed by atoms with Crippen LogP contribution in [0.3, 0.4) is 0 Å². The van der Waals surface area contributed by atoms with Crippen molar-refractivity contribution in [3.63, 3.8) is 0 Å². The Morgan fingerprint density at radius 3 is 2.30 bits per heavy atom. The van der Waals surface area contributed by atoms with E-state index in [4.69, 9.17) is 4.74 Å². The molecule has 1 aromatic carbocycles. The number of carbonyl (C=O) groups excluding carboxylic acids is 1. The highest BCUT2D eigenvalue weighted by Crippen LogP contribution is 2.24. The monoisotopic (exact) mass is 371 g/mol. The summed E-state index contributed by atoms with van der Waals surface area (Å²) in [5.74, 6) is 1.65. The lowest BCUT2D eigenvalue weighted by atomic mass is 9.95. The van der Waals surface area contributed by atoms with E-state index in [0.717, 1.165) is 34.8 Å². The first-order chi connectivity index (χ1) is 12.7. The summed E-state index contributed by atoms with van der Waals surface area (Å²) in [6.45, 7) is 13.5. The molecule has 1 aromatic heterocycles. The van der Waals surface area contributed by atoms with Gasteiger partial charge in [0, 0.05) is 17.8 Å². The van der Waals surface area contributed by atoms with Crippen LogP contribution in [0.5, 0.6) is 5.75 Å². The van der Waals surface area contributed by atoms with Crippen molar-refractivity contribution in [2.75, 3.05) is 7.11 Å². The Bertz CT molecular complexity index is 761. The van der Waals surface area contributed by atoms with Crippen LogP contribution in [0.2, 0.25) is 0 Å². The molecule has 1 unspecified atom stereocenters. The lowest BCUT2D eigenvalue weighted by molar-refractivity contribution is -0.121. The number of methoxy groups -OCH3 is 1. The van der Waals surface area contributed by atoms with Gasteiger partial charge in [-0.25, -0.2) is 0 Å². The Morgan fingerprint density at radius 1 is 1.15 bits per heavy atom. The largest absolute Gasteiger partial charge is 0.497 e. The second-order valence-corrected chi connectivity index (χ2v) is 7.96. The van der Waals surface area contributed by atoms with Gasteiger partial charge in [-0.1, -0.05) is 39.8 Å². The molecular formula is C22H33N3O2. The van der Waals surface area contributed by atoms with E-state index < -0.39 is 0 Å². The average Bonchev–Trinajstić information content (AvgIpc) is 2.86. The van der Waals surface area contributed by atoms with Crippen LogP contribution >= 0.6 is 0 Å². The molecule has 0 aliphatic heterocycles. The quantitative estimate of drug-likeness (QED) is 0.756. The van der Waals surface area contributed by atoms with Crippen LogP contribution in [0.1, 0.15) is 56.3 Å². The van der Waals surface area contributed by atoms with Gasteiger partial charge in [0.2, 0.25) is 5.91 Å². The Morgan fingerprint density at radius 2 is 1.78 bits per heavy atom. The van der Waals surface area contributed by atoms with Crippen molar-refractivity contribution >= 4 is 5.91 Å². The molecule has 5 nitrogen and oxygen atoms in total. The van der Waals surface area contributed by atoms with E-state index in [-0.39, 0.29) is 17.9 Å². The highest BCUT2D eigenvalue weighted by Gasteiger charge is 2.21. The number of ether oxygens (including phenoxy) is 1. The molecular weight excluding hydrogens is 338 g/mol. The van der Waals surface area contributed by atoms with Crippen molar-refractivity contribution in [1.29, 1.82) is 0 Å². The summed E-state index contributed by atoms with van der Waals surface area (Å²) in [7, 11) is 1.65.